The van der Waals surface area contributed by atoms with Crippen molar-refractivity contribution in [3.8, 4) is 11.1 Å². The average molecular weight is 274 g/mol. The molecule has 0 radical (unpaired) electrons. The molecule has 3 rings (SSSR count). The van der Waals surface area contributed by atoms with E-state index >= 15 is 0 Å². The molecule has 1 aliphatic heterocycles. The monoisotopic (exact) mass is 274 g/mol. The lowest BCUT2D eigenvalue weighted by atomic mass is 9.94. The molecule has 2 aromatic rings. The fourth-order valence-corrected chi connectivity index (χ4v) is 3.45. The van der Waals surface area contributed by atoms with E-state index in [1.807, 2.05) is 38.1 Å². The van der Waals surface area contributed by atoms with Gasteiger partial charge in [0.25, 0.3) is 0 Å². The Balaban J connectivity index is 2.45. The van der Waals surface area contributed by atoms with Crippen LogP contribution in [0.5, 0.6) is 0 Å². The van der Waals surface area contributed by atoms with E-state index in [9.17, 15) is 8.42 Å². The van der Waals surface area contributed by atoms with E-state index in [0.29, 0.717) is 11.4 Å². The number of aryl methyl sites for hydroxylation is 2. The van der Waals surface area contributed by atoms with Gasteiger partial charge < -0.3 is 0 Å². The van der Waals surface area contributed by atoms with Crippen LogP contribution in [0.15, 0.2) is 36.4 Å². The van der Waals surface area contributed by atoms with E-state index < -0.39 is 10.2 Å². The molecule has 0 bridgehead atoms. The first-order chi connectivity index (χ1) is 8.98. The summed E-state index contributed by atoms with van der Waals surface area (Å²) < 4.78 is 29.1. The molecular weight excluding hydrogens is 260 g/mol. The van der Waals surface area contributed by atoms with Crippen molar-refractivity contribution in [2.75, 3.05) is 9.44 Å². The number of anilines is 2. The molecule has 0 fully saturated rings. The Bertz CT molecular complexity index is 708. The van der Waals surface area contributed by atoms with Crippen LogP contribution in [0.4, 0.5) is 11.4 Å². The summed E-state index contributed by atoms with van der Waals surface area (Å²) in [7, 11) is -3.58. The maximum Gasteiger partial charge on any atom is 0.321 e. The van der Waals surface area contributed by atoms with Crippen molar-refractivity contribution in [1.29, 1.82) is 0 Å². The molecule has 98 valence electrons. The van der Waals surface area contributed by atoms with Gasteiger partial charge in [-0.1, -0.05) is 24.3 Å². The fraction of sp³-hybridized carbons (Fsp3) is 0.143. The summed E-state index contributed by atoms with van der Waals surface area (Å²) in [5, 5.41) is 0. The van der Waals surface area contributed by atoms with Crippen molar-refractivity contribution >= 4 is 21.6 Å². The van der Waals surface area contributed by atoms with E-state index in [4.69, 9.17) is 0 Å². The van der Waals surface area contributed by atoms with E-state index in [1.54, 1.807) is 12.1 Å². The third-order valence-corrected chi connectivity index (χ3v) is 4.26. The number of hydrogen-bond acceptors (Lipinski definition) is 2. The molecule has 2 aromatic carbocycles. The second-order valence-corrected chi connectivity index (χ2v) is 6.12. The van der Waals surface area contributed by atoms with E-state index in [0.717, 1.165) is 22.3 Å². The molecule has 0 unspecified atom stereocenters. The summed E-state index contributed by atoms with van der Waals surface area (Å²) in [6.07, 6.45) is 0. The predicted octanol–water partition coefficient (Wildman–Crippen LogP) is 3.05. The molecule has 1 aliphatic rings. The maximum atomic E-state index is 12.0. The minimum absolute atomic E-state index is 0.612. The maximum absolute atomic E-state index is 12.0. The fourth-order valence-electron chi connectivity index (χ4n) is 2.48. The highest BCUT2D eigenvalue weighted by Gasteiger charge is 2.23. The number of benzene rings is 2. The average Bonchev–Trinajstić information content (AvgIpc) is 2.42. The summed E-state index contributed by atoms with van der Waals surface area (Å²) in [4.78, 5) is 0. The molecule has 0 spiro atoms. The molecule has 19 heavy (non-hydrogen) atoms. The summed E-state index contributed by atoms with van der Waals surface area (Å²) in [6.45, 7) is 3.96. The smallest absolute Gasteiger partial charge is 0.266 e. The first-order valence-electron chi connectivity index (χ1n) is 5.98. The van der Waals surface area contributed by atoms with E-state index in [2.05, 4.69) is 9.44 Å². The summed E-state index contributed by atoms with van der Waals surface area (Å²) in [6, 6.07) is 11.2. The molecular formula is C14H14N2O2S. The van der Waals surface area contributed by atoms with Gasteiger partial charge in [0, 0.05) is 11.1 Å². The number of fused-ring (bicyclic) bond motifs is 3. The molecule has 2 N–H and O–H groups in total. The number of nitrogens with one attached hydrogen (secondary N) is 2. The third-order valence-electron chi connectivity index (χ3n) is 3.28. The second-order valence-electron chi connectivity index (χ2n) is 4.70. The summed E-state index contributed by atoms with van der Waals surface area (Å²) in [5.74, 6) is 0. The minimum atomic E-state index is -3.58. The molecule has 0 amide bonds. The predicted molar refractivity (Wildman–Crippen MR) is 77.5 cm³/mol. The van der Waals surface area contributed by atoms with Gasteiger partial charge in [0.1, 0.15) is 0 Å². The quantitative estimate of drug-likeness (QED) is 0.775. The molecule has 1 heterocycles. The van der Waals surface area contributed by atoms with Gasteiger partial charge in [0.2, 0.25) is 0 Å². The van der Waals surface area contributed by atoms with E-state index in [-0.39, 0.29) is 0 Å². The van der Waals surface area contributed by atoms with Crippen LogP contribution >= 0.6 is 0 Å². The van der Waals surface area contributed by atoms with Gasteiger partial charge >= 0.3 is 10.2 Å². The number of hydrogen-bond donors (Lipinski definition) is 2. The van der Waals surface area contributed by atoms with Crippen molar-refractivity contribution in [3.05, 3.63) is 47.5 Å². The minimum Gasteiger partial charge on any atom is -0.266 e. The van der Waals surface area contributed by atoms with Gasteiger partial charge in [-0.2, -0.15) is 8.42 Å². The third kappa shape index (κ3) is 1.96. The van der Waals surface area contributed by atoms with Gasteiger partial charge in [-0.3, -0.25) is 9.44 Å². The summed E-state index contributed by atoms with van der Waals surface area (Å²) >= 11 is 0. The molecule has 0 aromatic heterocycles. The molecule has 0 atom stereocenters. The van der Waals surface area contributed by atoms with Crippen LogP contribution in [0.1, 0.15) is 11.1 Å². The molecule has 4 nitrogen and oxygen atoms in total. The Morgan fingerprint density at radius 1 is 0.789 bits per heavy atom. The highest BCUT2D eigenvalue weighted by atomic mass is 32.2. The molecule has 0 saturated heterocycles. The van der Waals surface area contributed by atoms with Crippen LogP contribution in [0.25, 0.3) is 11.1 Å². The van der Waals surface area contributed by atoms with Crippen LogP contribution in [0.3, 0.4) is 0 Å². The Kier molecular flexibility index (Phi) is 2.53. The van der Waals surface area contributed by atoms with Crippen LogP contribution in [0.2, 0.25) is 0 Å². The largest absolute Gasteiger partial charge is 0.321 e. The first-order valence-corrected chi connectivity index (χ1v) is 7.46. The standard InChI is InChI=1S/C14H14N2O2S/c1-9-5-3-7-11-13(9)14-10(2)6-4-8-12(14)16-19(17,18)15-11/h3-8,15-16H,1-2H3. The lowest BCUT2D eigenvalue weighted by molar-refractivity contribution is 0.606. The van der Waals surface area contributed by atoms with Crippen LogP contribution in [-0.2, 0) is 10.2 Å². The zero-order valence-corrected chi connectivity index (χ0v) is 11.5. The van der Waals surface area contributed by atoms with Crippen LogP contribution in [-0.4, -0.2) is 8.42 Å². The Labute approximate surface area is 112 Å². The van der Waals surface area contributed by atoms with Crippen molar-refractivity contribution < 1.29 is 8.42 Å². The Morgan fingerprint density at radius 2 is 1.21 bits per heavy atom. The van der Waals surface area contributed by atoms with Gasteiger partial charge in [0.05, 0.1) is 11.4 Å². The Hall–Kier alpha value is -2.01. The van der Waals surface area contributed by atoms with Gasteiger partial charge in [-0.05, 0) is 37.1 Å². The van der Waals surface area contributed by atoms with Gasteiger partial charge in [-0.15, -0.1) is 0 Å². The van der Waals surface area contributed by atoms with Crippen molar-refractivity contribution in [1.82, 2.24) is 0 Å². The Morgan fingerprint density at radius 3 is 1.63 bits per heavy atom. The molecule has 0 aliphatic carbocycles. The summed E-state index contributed by atoms with van der Waals surface area (Å²) in [5.41, 5.74) is 5.17. The molecule has 0 saturated carbocycles. The lowest BCUT2D eigenvalue weighted by Crippen LogP contribution is -2.20. The lowest BCUT2D eigenvalue weighted by Gasteiger charge is -2.13. The second kappa shape index (κ2) is 3.99. The normalized spacial score (nSPS) is 15.5. The van der Waals surface area contributed by atoms with Gasteiger partial charge in [-0.25, -0.2) is 0 Å². The number of rotatable bonds is 0. The SMILES string of the molecule is Cc1cccc2c1-c1c(C)cccc1NS(=O)(=O)N2. The zero-order valence-electron chi connectivity index (χ0n) is 10.7. The highest BCUT2D eigenvalue weighted by molar-refractivity contribution is 7.94. The van der Waals surface area contributed by atoms with Crippen LogP contribution < -0.4 is 9.44 Å². The van der Waals surface area contributed by atoms with E-state index in [1.165, 1.54) is 0 Å². The first kappa shape index (κ1) is 12.0. The molecule has 5 heteroatoms. The topological polar surface area (TPSA) is 58.2 Å². The van der Waals surface area contributed by atoms with Gasteiger partial charge in [0.15, 0.2) is 0 Å². The van der Waals surface area contributed by atoms with Crippen LogP contribution in [0, 0.1) is 13.8 Å². The highest BCUT2D eigenvalue weighted by Crippen LogP contribution is 2.41. The zero-order chi connectivity index (χ0) is 13.6. The van der Waals surface area contributed by atoms with Crippen molar-refractivity contribution in [2.24, 2.45) is 0 Å². The van der Waals surface area contributed by atoms with Crippen molar-refractivity contribution in [3.63, 3.8) is 0 Å². The van der Waals surface area contributed by atoms with Crippen molar-refractivity contribution in [2.45, 2.75) is 13.8 Å².